The highest BCUT2D eigenvalue weighted by Crippen LogP contribution is 2.26. The Morgan fingerprint density at radius 1 is 1.40 bits per heavy atom. The van der Waals surface area contributed by atoms with Crippen LogP contribution in [0.15, 0.2) is 46.9 Å². The molecule has 1 aromatic carbocycles. The smallest absolute Gasteiger partial charge is 0.274 e. The van der Waals surface area contributed by atoms with Crippen LogP contribution < -0.4 is 11.2 Å². The van der Waals surface area contributed by atoms with E-state index in [0.29, 0.717) is 5.69 Å². The van der Waals surface area contributed by atoms with Gasteiger partial charge >= 0.3 is 5.69 Å². The molecule has 2 rings (SSSR count). The van der Waals surface area contributed by atoms with E-state index in [1.807, 2.05) is 45.0 Å². The number of tetrazole rings is 1. The van der Waals surface area contributed by atoms with Crippen LogP contribution in [0.4, 0.5) is 0 Å². The van der Waals surface area contributed by atoms with E-state index in [2.05, 4.69) is 15.9 Å². The third-order valence-corrected chi connectivity index (χ3v) is 3.98. The maximum absolute atomic E-state index is 12.2. The largest absolute Gasteiger partial charge is 0.368 e. The molecule has 0 radical (unpaired) electrons. The molecule has 1 aromatic heterocycles. The van der Waals surface area contributed by atoms with Gasteiger partial charge < -0.3 is 0 Å². The summed E-state index contributed by atoms with van der Waals surface area (Å²) in [5.41, 5.74) is 5.95. The first kappa shape index (κ1) is 18.8. The highest BCUT2D eigenvalue weighted by Gasteiger charge is 2.18. The van der Waals surface area contributed by atoms with Crippen LogP contribution in [-0.4, -0.2) is 25.2 Å². The van der Waals surface area contributed by atoms with Crippen LogP contribution in [0, 0.1) is 6.92 Å². The lowest BCUT2D eigenvalue weighted by Gasteiger charge is -2.18. The van der Waals surface area contributed by atoms with Crippen LogP contribution in [0.1, 0.15) is 31.1 Å². The Morgan fingerprint density at radius 2 is 2.16 bits per heavy atom. The number of hydrogen-bond acceptors (Lipinski definition) is 6. The maximum Gasteiger partial charge on any atom is 0.368 e. The predicted octanol–water partition coefficient (Wildman–Crippen LogP) is 2.32. The zero-order valence-electron chi connectivity index (χ0n) is 14.6. The monoisotopic (exact) mass is 359 g/mol. The van der Waals surface area contributed by atoms with E-state index in [4.69, 9.17) is 17.1 Å². The van der Waals surface area contributed by atoms with Gasteiger partial charge in [0.1, 0.15) is 6.10 Å². The van der Waals surface area contributed by atoms with Gasteiger partial charge in [-0.1, -0.05) is 30.4 Å². The molecule has 0 fully saturated rings. The minimum Gasteiger partial charge on any atom is -0.274 e. The molecule has 0 saturated heterocycles. The molecule has 0 spiro atoms. The van der Waals surface area contributed by atoms with E-state index in [9.17, 15) is 4.79 Å². The van der Waals surface area contributed by atoms with E-state index in [-0.39, 0.29) is 11.8 Å². The van der Waals surface area contributed by atoms with Gasteiger partial charge in [-0.05, 0) is 54.5 Å². The summed E-state index contributed by atoms with van der Waals surface area (Å²) in [6.07, 6.45) is 5.03. The van der Waals surface area contributed by atoms with Crippen molar-refractivity contribution in [1.29, 1.82) is 0 Å². The summed E-state index contributed by atoms with van der Waals surface area (Å²) in [4.78, 5) is 17.8. The second kappa shape index (κ2) is 8.50. The number of allylic oxidation sites excluding steroid dienone is 3. The number of hydrogen-bond donors (Lipinski definition) is 1. The molecule has 0 bridgehead atoms. The van der Waals surface area contributed by atoms with E-state index < -0.39 is 0 Å². The first-order chi connectivity index (χ1) is 12.0. The molecule has 0 aliphatic rings. The summed E-state index contributed by atoms with van der Waals surface area (Å²) in [7, 11) is 1.56. The summed E-state index contributed by atoms with van der Waals surface area (Å²) in [5.74, 6) is 0. The summed E-state index contributed by atoms with van der Waals surface area (Å²) < 4.78 is 2.45. The van der Waals surface area contributed by atoms with Crippen molar-refractivity contribution >= 4 is 17.6 Å². The normalized spacial score (nSPS) is 13.2. The van der Waals surface area contributed by atoms with Gasteiger partial charge in [-0.2, -0.15) is 9.36 Å². The number of thiocarbonyl (C=S) groups is 1. The first-order valence-electron chi connectivity index (χ1n) is 7.74. The molecule has 0 aliphatic carbocycles. The zero-order valence-corrected chi connectivity index (χ0v) is 15.4. The summed E-state index contributed by atoms with van der Waals surface area (Å²) in [5, 5.41) is 9.28. The fourth-order valence-corrected chi connectivity index (χ4v) is 2.40. The lowest BCUT2D eigenvalue weighted by atomic mass is 10.0. The van der Waals surface area contributed by atoms with Gasteiger partial charge in [0.15, 0.2) is 0 Å². The average Bonchev–Trinajstić information content (AvgIpc) is 2.93. The van der Waals surface area contributed by atoms with Gasteiger partial charge in [0.2, 0.25) is 0 Å². The van der Waals surface area contributed by atoms with Gasteiger partial charge in [-0.15, -0.1) is 0 Å². The SMILES string of the molecule is CC(C=S)=CC=CNOC(C)c1c(C)cccc1-n1nnn(C)c1=O. The molecule has 1 atom stereocenters. The Hall–Kier alpha value is -2.58. The van der Waals surface area contributed by atoms with Gasteiger partial charge in [-0.25, -0.2) is 4.79 Å². The lowest BCUT2D eigenvalue weighted by molar-refractivity contribution is 0.00834. The second-order valence-electron chi connectivity index (χ2n) is 5.57. The quantitative estimate of drug-likeness (QED) is 0.354. The molecule has 7 nitrogen and oxygen atoms in total. The molecule has 8 heteroatoms. The summed E-state index contributed by atoms with van der Waals surface area (Å²) in [6, 6.07) is 5.65. The van der Waals surface area contributed by atoms with E-state index in [1.165, 1.54) is 9.36 Å². The average molecular weight is 359 g/mol. The molecule has 1 unspecified atom stereocenters. The number of hydroxylamine groups is 1. The number of aryl methyl sites for hydroxylation is 2. The molecule has 2 aromatic rings. The zero-order chi connectivity index (χ0) is 18.4. The molecular weight excluding hydrogens is 338 g/mol. The summed E-state index contributed by atoms with van der Waals surface area (Å²) in [6.45, 7) is 5.77. The Bertz CT molecular complexity index is 866. The molecule has 0 amide bonds. The number of nitrogens with one attached hydrogen (secondary N) is 1. The van der Waals surface area contributed by atoms with Crippen molar-refractivity contribution in [2.75, 3.05) is 0 Å². The maximum atomic E-state index is 12.2. The molecule has 0 aliphatic heterocycles. The number of nitrogens with zero attached hydrogens (tertiary/aromatic N) is 4. The second-order valence-corrected chi connectivity index (χ2v) is 5.81. The van der Waals surface area contributed by atoms with Gasteiger partial charge in [0.05, 0.1) is 5.69 Å². The van der Waals surface area contributed by atoms with Crippen molar-refractivity contribution in [3.05, 3.63) is 63.7 Å². The Balaban J connectivity index is 2.22. The van der Waals surface area contributed by atoms with E-state index >= 15 is 0 Å². The van der Waals surface area contributed by atoms with Crippen LogP contribution in [0.3, 0.4) is 0 Å². The Labute approximate surface area is 151 Å². The van der Waals surface area contributed by atoms with Crippen molar-refractivity contribution in [1.82, 2.24) is 25.3 Å². The third-order valence-electron chi connectivity index (χ3n) is 3.61. The van der Waals surface area contributed by atoms with Crippen LogP contribution in [0.2, 0.25) is 0 Å². The predicted molar refractivity (Wildman–Crippen MR) is 101 cm³/mol. The van der Waals surface area contributed by atoms with E-state index in [1.54, 1.807) is 24.7 Å². The molecule has 0 saturated carbocycles. The number of aromatic nitrogens is 4. The van der Waals surface area contributed by atoms with Crippen molar-refractivity contribution in [2.24, 2.45) is 7.05 Å². The van der Waals surface area contributed by atoms with Crippen molar-refractivity contribution in [3.63, 3.8) is 0 Å². The van der Waals surface area contributed by atoms with Crippen molar-refractivity contribution in [3.8, 4) is 5.69 Å². The minimum atomic E-state index is -0.314. The van der Waals surface area contributed by atoms with Crippen LogP contribution in [0.25, 0.3) is 5.69 Å². The standard InChI is InChI=1S/C17H21N5O2S/c1-12(11-25)7-6-10-18-24-14(3)16-13(2)8-5-9-15(16)22-17(23)21(4)19-20-22/h5-11,14,18H,1-4H3. The Kier molecular flexibility index (Phi) is 6.37. The third kappa shape index (κ3) is 4.49. The van der Waals surface area contributed by atoms with Crippen LogP contribution >= 0.6 is 12.2 Å². The molecule has 1 heterocycles. The summed E-state index contributed by atoms with van der Waals surface area (Å²) >= 11 is 4.83. The minimum absolute atomic E-state index is 0.312. The Morgan fingerprint density at radius 3 is 2.80 bits per heavy atom. The van der Waals surface area contributed by atoms with Crippen LogP contribution in [-0.2, 0) is 11.9 Å². The first-order valence-corrected chi connectivity index (χ1v) is 8.21. The topological polar surface area (TPSA) is 74.0 Å². The van der Waals surface area contributed by atoms with Crippen molar-refractivity contribution < 1.29 is 4.84 Å². The molecule has 1 N–H and O–H groups in total. The van der Waals surface area contributed by atoms with Crippen molar-refractivity contribution in [2.45, 2.75) is 26.9 Å². The highest BCUT2D eigenvalue weighted by molar-refractivity contribution is 7.79. The van der Waals surface area contributed by atoms with Gasteiger partial charge in [0.25, 0.3) is 0 Å². The lowest BCUT2D eigenvalue weighted by Crippen LogP contribution is -2.24. The fraction of sp³-hybridized carbons (Fsp3) is 0.294. The van der Waals surface area contributed by atoms with Gasteiger partial charge in [0, 0.05) is 24.2 Å². The van der Waals surface area contributed by atoms with Crippen LogP contribution in [0.5, 0.6) is 0 Å². The highest BCUT2D eigenvalue weighted by atomic mass is 32.1. The molecule has 25 heavy (non-hydrogen) atoms. The number of rotatable bonds is 7. The number of benzene rings is 1. The van der Waals surface area contributed by atoms with Gasteiger partial charge in [-0.3, -0.25) is 10.3 Å². The molecular formula is C17H21N5O2S. The van der Waals surface area contributed by atoms with E-state index in [0.717, 1.165) is 16.7 Å². The fourth-order valence-electron chi connectivity index (χ4n) is 2.32. The molecule has 132 valence electrons.